The first-order chi connectivity index (χ1) is 13.0. The lowest BCUT2D eigenvalue weighted by molar-refractivity contribution is -0.140. The van der Waals surface area contributed by atoms with Gasteiger partial charge in [0.05, 0.1) is 23.8 Å². The molecule has 1 aromatic carbocycles. The van der Waals surface area contributed by atoms with Gasteiger partial charge in [0.1, 0.15) is 5.82 Å². The number of carbonyl (C=O) groups is 2. The summed E-state index contributed by atoms with van der Waals surface area (Å²) in [6.45, 7) is 0.877. The molecule has 7 heteroatoms. The number of rotatable bonds is 5. The largest absolute Gasteiger partial charge is 0.338 e. The molecule has 1 saturated carbocycles. The van der Waals surface area contributed by atoms with Crippen molar-refractivity contribution in [1.29, 1.82) is 0 Å². The molecule has 0 radical (unpaired) electrons. The van der Waals surface area contributed by atoms with Gasteiger partial charge in [-0.3, -0.25) is 14.3 Å². The Morgan fingerprint density at radius 1 is 1.33 bits per heavy atom. The molecule has 6 nitrogen and oxygen atoms in total. The van der Waals surface area contributed by atoms with E-state index in [1.807, 2.05) is 10.9 Å². The lowest BCUT2D eigenvalue weighted by Gasteiger charge is -2.38. The van der Waals surface area contributed by atoms with Crippen LogP contribution < -0.4 is 5.32 Å². The molecule has 2 unspecified atom stereocenters. The van der Waals surface area contributed by atoms with Gasteiger partial charge in [-0.1, -0.05) is 12.1 Å². The predicted octanol–water partition coefficient (Wildman–Crippen LogP) is 2.98. The molecule has 27 heavy (non-hydrogen) atoms. The van der Waals surface area contributed by atoms with E-state index in [-0.39, 0.29) is 17.6 Å². The van der Waals surface area contributed by atoms with E-state index in [1.54, 1.807) is 30.3 Å². The molecule has 2 atom stereocenters. The zero-order valence-electron chi connectivity index (χ0n) is 15.3. The molecule has 2 fully saturated rings. The second-order valence-electron chi connectivity index (χ2n) is 7.53. The minimum Gasteiger partial charge on any atom is -0.338 e. The van der Waals surface area contributed by atoms with E-state index in [9.17, 15) is 14.0 Å². The lowest BCUT2D eigenvalue weighted by atomic mass is 9.84. The number of amides is 2. The quantitative estimate of drug-likeness (QED) is 0.880. The van der Waals surface area contributed by atoms with Crippen molar-refractivity contribution >= 4 is 17.5 Å². The third-order valence-corrected chi connectivity index (χ3v) is 5.43. The number of nitrogens with zero attached hydrogens (tertiary/aromatic N) is 3. The Labute approximate surface area is 157 Å². The summed E-state index contributed by atoms with van der Waals surface area (Å²) in [5.41, 5.74) is 1.29. The molecule has 2 amide bonds. The minimum atomic E-state index is -0.483. The van der Waals surface area contributed by atoms with Crippen LogP contribution in [0.1, 0.15) is 37.3 Å². The zero-order valence-corrected chi connectivity index (χ0v) is 15.3. The number of hydrogen-bond acceptors (Lipinski definition) is 3. The summed E-state index contributed by atoms with van der Waals surface area (Å²) in [5, 5.41) is 7.22. The number of halogens is 1. The van der Waals surface area contributed by atoms with Crippen molar-refractivity contribution in [1.82, 2.24) is 14.7 Å². The molecule has 1 aliphatic heterocycles. The fraction of sp³-hybridized carbons (Fsp3) is 0.450. The smallest absolute Gasteiger partial charge is 0.230 e. The summed E-state index contributed by atoms with van der Waals surface area (Å²) in [4.78, 5) is 26.7. The number of nitrogens with one attached hydrogen (secondary N) is 1. The molecule has 1 aliphatic carbocycles. The van der Waals surface area contributed by atoms with Crippen LogP contribution in [0.2, 0.25) is 0 Å². The Balaban J connectivity index is 1.52. The number of carbonyl (C=O) groups excluding carboxylic acids is 2. The standard InChI is InChI=1S/C20H23FN4O2/c1-24-18(26)8-7-17(19(24)14-3-2-4-15(21)9-14)20(27)23-16-10-22-25(12-16)11-13-5-6-13/h2-4,9-10,12-13,17,19H,5-8,11H2,1H3,(H,23,27). The molecule has 1 N–H and O–H groups in total. The summed E-state index contributed by atoms with van der Waals surface area (Å²) >= 11 is 0. The van der Waals surface area contributed by atoms with Gasteiger partial charge in [0.2, 0.25) is 11.8 Å². The molecule has 0 bridgehead atoms. The normalized spacial score (nSPS) is 22.7. The highest BCUT2D eigenvalue weighted by atomic mass is 19.1. The average molecular weight is 370 g/mol. The number of anilines is 1. The minimum absolute atomic E-state index is 0.0365. The summed E-state index contributed by atoms with van der Waals surface area (Å²) in [5.74, 6) is -0.329. The first kappa shape index (κ1) is 17.7. The predicted molar refractivity (Wildman–Crippen MR) is 98.2 cm³/mol. The number of hydrogen-bond donors (Lipinski definition) is 1. The average Bonchev–Trinajstić information content (AvgIpc) is 3.35. The van der Waals surface area contributed by atoms with Gasteiger partial charge in [0, 0.05) is 26.2 Å². The van der Waals surface area contributed by atoms with Crippen LogP contribution in [0.3, 0.4) is 0 Å². The van der Waals surface area contributed by atoms with Crippen molar-refractivity contribution in [3.05, 3.63) is 48.0 Å². The van der Waals surface area contributed by atoms with Crippen molar-refractivity contribution in [3.63, 3.8) is 0 Å². The fourth-order valence-corrected chi connectivity index (χ4v) is 3.79. The molecule has 2 heterocycles. The number of likely N-dealkylation sites (tertiary alicyclic amines) is 1. The Morgan fingerprint density at radius 3 is 2.89 bits per heavy atom. The van der Waals surface area contributed by atoms with E-state index >= 15 is 0 Å². The van der Waals surface area contributed by atoms with Gasteiger partial charge >= 0.3 is 0 Å². The van der Waals surface area contributed by atoms with Gasteiger partial charge in [-0.25, -0.2) is 4.39 Å². The number of benzene rings is 1. The highest BCUT2D eigenvalue weighted by Gasteiger charge is 2.39. The molecule has 2 aromatic rings. The van der Waals surface area contributed by atoms with Gasteiger partial charge in [-0.05, 0) is 42.9 Å². The Kier molecular flexibility index (Phi) is 4.68. The van der Waals surface area contributed by atoms with Gasteiger partial charge in [-0.15, -0.1) is 0 Å². The van der Waals surface area contributed by atoms with Crippen LogP contribution >= 0.6 is 0 Å². The van der Waals surface area contributed by atoms with Gasteiger partial charge in [0.25, 0.3) is 0 Å². The highest BCUT2D eigenvalue weighted by Crippen LogP contribution is 2.36. The van der Waals surface area contributed by atoms with E-state index in [0.29, 0.717) is 30.0 Å². The Morgan fingerprint density at radius 2 is 2.15 bits per heavy atom. The van der Waals surface area contributed by atoms with Gasteiger partial charge in [-0.2, -0.15) is 5.10 Å². The first-order valence-electron chi connectivity index (χ1n) is 9.35. The summed E-state index contributed by atoms with van der Waals surface area (Å²) in [7, 11) is 1.67. The van der Waals surface area contributed by atoms with Crippen LogP contribution in [0, 0.1) is 17.7 Å². The first-order valence-corrected chi connectivity index (χ1v) is 9.35. The van der Waals surface area contributed by atoms with Crippen molar-refractivity contribution in [2.45, 2.75) is 38.3 Å². The van der Waals surface area contributed by atoms with E-state index < -0.39 is 12.0 Å². The van der Waals surface area contributed by atoms with Crippen LogP contribution in [-0.2, 0) is 16.1 Å². The monoisotopic (exact) mass is 370 g/mol. The fourth-order valence-electron chi connectivity index (χ4n) is 3.79. The van der Waals surface area contributed by atoms with Gasteiger partial charge < -0.3 is 10.2 Å². The van der Waals surface area contributed by atoms with E-state index in [2.05, 4.69) is 10.4 Å². The SMILES string of the molecule is CN1C(=O)CCC(C(=O)Nc2cnn(CC3CC3)c2)C1c1cccc(F)c1. The Bertz CT molecular complexity index is 861. The van der Waals surface area contributed by atoms with Crippen LogP contribution in [-0.4, -0.2) is 33.5 Å². The van der Waals surface area contributed by atoms with E-state index in [4.69, 9.17) is 0 Å². The van der Waals surface area contributed by atoms with Crippen molar-refractivity contribution < 1.29 is 14.0 Å². The molecular weight excluding hydrogens is 347 g/mol. The maximum absolute atomic E-state index is 13.7. The summed E-state index contributed by atoms with van der Waals surface area (Å²) in [6.07, 6.45) is 6.70. The molecule has 2 aliphatic rings. The molecule has 1 saturated heterocycles. The lowest BCUT2D eigenvalue weighted by Crippen LogP contribution is -2.44. The molecule has 0 spiro atoms. The van der Waals surface area contributed by atoms with Crippen LogP contribution in [0.4, 0.5) is 10.1 Å². The maximum Gasteiger partial charge on any atom is 0.230 e. The Hall–Kier alpha value is -2.70. The summed E-state index contributed by atoms with van der Waals surface area (Å²) in [6, 6.07) is 5.64. The van der Waals surface area contributed by atoms with Crippen molar-refractivity contribution in [3.8, 4) is 0 Å². The van der Waals surface area contributed by atoms with Crippen LogP contribution in [0.25, 0.3) is 0 Å². The number of aromatic nitrogens is 2. The van der Waals surface area contributed by atoms with Crippen LogP contribution in [0.15, 0.2) is 36.7 Å². The summed E-state index contributed by atoms with van der Waals surface area (Å²) < 4.78 is 15.6. The van der Waals surface area contributed by atoms with E-state index in [0.717, 1.165) is 6.54 Å². The third-order valence-electron chi connectivity index (χ3n) is 5.43. The topological polar surface area (TPSA) is 67.2 Å². The maximum atomic E-state index is 13.7. The second-order valence-corrected chi connectivity index (χ2v) is 7.53. The second kappa shape index (κ2) is 7.13. The van der Waals surface area contributed by atoms with Crippen LogP contribution in [0.5, 0.6) is 0 Å². The third kappa shape index (κ3) is 3.86. The molecular formula is C20H23FN4O2. The van der Waals surface area contributed by atoms with Crippen molar-refractivity contribution in [2.24, 2.45) is 11.8 Å². The highest BCUT2D eigenvalue weighted by molar-refractivity contribution is 5.94. The van der Waals surface area contributed by atoms with Crippen molar-refractivity contribution in [2.75, 3.05) is 12.4 Å². The number of piperidine rings is 1. The molecule has 142 valence electrons. The van der Waals surface area contributed by atoms with E-state index in [1.165, 1.54) is 25.0 Å². The molecule has 1 aromatic heterocycles. The van der Waals surface area contributed by atoms with Gasteiger partial charge in [0.15, 0.2) is 0 Å². The zero-order chi connectivity index (χ0) is 19.0. The molecule has 4 rings (SSSR count).